The van der Waals surface area contributed by atoms with Gasteiger partial charge in [0, 0.05) is 30.4 Å². The molecule has 1 saturated heterocycles. The molecule has 2 amide bonds. The number of amides is 2. The molecule has 0 spiro atoms. The van der Waals surface area contributed by atoms with Gasteiger partial charge >= 0.3 is 0 Å². The predicted octanol–water partition coefficient (Wildman–Crippen LogP) is 3.14. The lowest BCUT2D eigenvalue weighted by atomic mass is 9.95. The van der Waals surface area contributed by atoms with Crippen molar-refractivity contribution in [3.63, 3.8) is 0 Å². The van der Waals surface area contributed by atoms with Gasteiger partial charge < -0.3 is 10.2 Å². The number of carbonyl (C=O) groups is 2. The summed E-state index contributed by atoms with van der Waals surface area (Å²) in [5.41, 5.74) is 0.937. The van der Waals surface area contributed by atoms with E-state index in [1.807, 2.05) is 0 Å². The number of carbonyl (C=O) groups excluding carboxylic acids is 2. The van der Waals surface area contributed by atoms with Crippen molar-refractivity contribution in [3.8, 4) is 0 Å². The van der Waals surface area contributed by atoms with Gasteiger partial charge in [-0.15, -0.1) is 0 Å². The summed E-state index contributed by atoms with van der Waals surface area (Å²) in [5.74, 6) is -0.219. The highest BCUT2D eigenvalue weighted by Gasteiger charge is 2.30. The number of sulfonamides is 1. The maximum absolute atomic E-state index is 12.9. The van der Waals surface area contributed by atoms with Gasteiger partial charge in [-0.25, -0.2) is 8.42 Å². The standard InChI is InChI=1S/C22H33N3O4S/c1-2-30(28,29)24-20-13-11-17(12-14-20)22(27)25-15-7-8-18(16-25)21(26)23-19-9-5-3-4-6-10-19/h11-14,18-19,24H,2-10,15-16H2,1H3,(H,23,26). The lowest BCUT2D eigenvalue weighted by molar-refractivity contribution is -0.127. The van der Waals surface area contributed by atoms with E-state index in [9.17, 15) is 18.0 Å². The summed E-state index contributed by atoms with van der Waals surface area (Å²) < 4.78 is 25.8. The zero-order chi connectivity index (χ0) is 21.6. The summed E-state index contributed by atoms with van der Waals surface area (Å²) in [7, 11) is -3.35. The van der Waals surface area contributed by atoms with E-state index < -0.39 is 10.0 Å². The number of nitrogens with one attached hydrogen (secondary N) is 2. The van der Waals surface area contributed by atoms with Crippen LogP contribution in [0.2, 0.25) is 0 Å². The van der Waals surface area contributed by atoms with Gasteiger partial charge in [-0.3, -0.25) is 14.3 Å². The Bertz CT molecular complexity index is 830. The second kappa shape index (κ2) is 10.3. The van der Waals surface area contributed by atoms with E-state index in [2.05, 4.69) is 10.0 Å². The van der Waals surface area contributed by atoms with Crippen LogP contribution in [-0.4, -0.2) is 50.0 Å². The number of rotatable bonds is 6. The lowest BCUT2D eigenvalue weighted by Crippen LogP contribution is -2.47. The van der Waals surface area contributed by atoms with Crippen molar-refractivity contribution in [2.24, 2.45) is 5.92 Å². The van der Waals surface area contributed by atoms with Crippen molar-refractivity contribution >= 4 is 27.5 Å². The maximum Gasteiger partial charge on any atom is 0.253 e. The maximum atomic E-state index is 12.9. The van der Waals surface area contributed by atoms with E-state index in [-0.39, 0.29) is 29.5 Å². The molecule has 1 aromatic rings. The Morgan fingerprint density at radius 1 is 1.00 bits per heavy atom. The molecule has 1 saturated carbocycles. The molecule has 7 nitrogen and oxygen atoms in total. The predicted molar refractivity (Wildman–Crippen MR) is 118 cm³/mol. The largest absolute Gasteiger partial charge is 0.353 e. The number of hydrogen-bond donors (Lipinski definition) is 2. The molecule has 3 rings (SSSR count). The Labute approximate surface area is 179 Å². The average Bonchev–Trinajstić information content (AvgIpc) is 3.02. The Morgan fingerprint density at radius 2 is 1.67 bits per heavy atom. The van der Waals surface area contributed by atoms with Crippen LogP contribution in [-0.2, 0) is 14.8 Å². The van der Waals surface area contributed by atoms with Crippen LogP contribution in [0.25, 0.3) is 0 Å². The van der Waals surface area contributed by atoms with Crippen LogP contribution in [0.5, 0.6) is 0 Å². The Balaban J connectivity index is 1.57. The smallest absolute Gasteiger partial charge is 0.253 e. The van der Waals surface area contributed by atoms with E-state index in [1.165, 1.54) is 25.7 Å². The summed E-state index contributed by atoms with van der Waals surface area (Å²) in [6, 6.07) is 6.72. The zero-order valence-corrected chi connectivity index (χ0v) is 18.5. The normalized spacial score (nSPS) is 21.0. The van der Waals surface area contributed by atoms with Crippen LogP contribution in [0, 0.1) is 5.92 Å². The number of anilines is 1. The van der Waals surface area contributed by atoms with Gasteiger partial charge in [0.05, 0.1) is 11.7 Å². The van der Waals surface area contributed by atoms with Crippen LogP contribution in [0.4, 0.5) is 5.69 Å². The molecular weight excluding hydrogens is 402 g/mol. The minimum Gasteiger partial charge on any atom is -0.353 e. The summed E-state index contributed by atoms with van der Waals surface area (Å²) in [6.07, 6.45) is 8.55. The van der Waals surface area contributed by atoms with E-state index in [0.29, 0.717) is 24.3 Å². The Kier molecular flexibility index (Phi) is 7.75. The Morgan fingerprint density at radius 3 is 2.30 bits per heavy atom. The van der Waals surface area contributed by atoms with Gasteiger partial charge in [-0.1, -0.05) is 25.7 Å². The topological polar surface area (TPSA) is 95.6 Å². The van der Waals surface area contributed by atoms with Crippen molar-refractivity contribution in [2.45, 2.75) is 64.3 Å². The first-order valence-electron chi connectivity index (χ1n) is 11.1. The molecule has 2 aliphatic rings. The monoisotopic (exact) mass is 435 g/mol. The molecule has 1 atom stereocenters. The third-order valence-electron chi connectivity index (χ3n) is 6.07. The molecule has 0 radical (unpaired) electrons. The molecule has 30 heavy (non-hydrogen) atoms. The average molecular weight is 436 g/mol. The highest BCUT2D eigenvalue weighted by molar-refractivity contribution is 7.92. The van der Waals surface area contributed by atoms with Gasteiger partial charge in [-0.05, 0) is 56.9 Å². The zero-order valence-electron chi connectivity index (χ0n) is 17.7. The first kappa shape index (κ1) is 22.6. The minimum absolute atomic E-state index is 0.00817. The van der Waals surface area contributed by atoms with Crippen molar-refractivity contribution in [3.05, 3.63) is 29.8 Å². The SMILES string of the molecule is CCS(=O)(=O)Nc1ccc(C(=O)N2CCCC(C(=O)NC3CCCCCC3)C2)cc1. The molecule has 166 valence electrons. The molecule has 0 aromatic heterocycles. The summed E-state index contributed by atoms with van der Waals surface area (Å²) in [6.45, 7) is 2.64. The van der Waals surface area contributed by atoms with Gasteiger partial charge in [0.2, 0.25) is 15.9 Å². The number of piperidine rings is 1. The molecular formula is C22H33N3O4S. The quantitative estimate of drug-likeness (QED) is 0.671. The second-order valence-corrected chi connectivity index (χ2v) is 10.4. The molecule has 1 heterocycles. The minimum atomic E-state index is -3.35. The van der Waals surface area contributed by atoms with Crippen LogP contribution >= 0.6 is 0 Å². The van der Waals surface area contributed by atoms with E-state index in [0.717, 1.165) is 25.7 Å². The van der Waals surface area contributed by atoms with E-state index >= 15 is 0 Å². The molecule has 1 aromatic carbocycles. The number of likely N-dealkylation sites (tertiary alicyclic amines) is 1. The fourth-order valence-corrected chi connectivity index (χ4v) is 4.87. The van der Waals surface area contributed by atoms with E-state index in [1.54, 1.807) is 36.1 Å². The van der Waals surface area contributed by atoms with Gasteiger partial charge in [0.1, 0.15) is 0 Å². The van der Waals surface area contributed by atoms with Crippen LogP contribution in [0.1, 0.15) is 68.6 Å². The Hall–Kier alpha value is -2.09. The number of hydrogen-bond acceptors (Lipinski definition) is 4. The summed E-state index contributed by atoms with van der Waals surface area (Å²) in [4.78, 5) is 27.4. The van der Waals surface area contributed by atoms with Gasteiger partial charge in [0.15, 0.2) is 0 Å². The van der Waals surface area contributed by atoms with Crippen molar-refractivity contribution in [1.82, 2.24) is 10.2 Å². The highest BCUT2D eigenvalue weighted by Crippen LogP contribution is 2.22. The van der Waals surface area contributed by atoms with Crippen LogP contribution in [0.15, 0.2) is 24.3 Å². The molecule has 2 N–H and O–H groups in total. The molecule has 1 aliphatic carbocycles. The van der Waals surface area contributed by atoms with Crippen molar-refractivity contribution in [2.75, 3.05) is 23.6 Å². The molecule has 8 heteroatoms. The first-order chi connectivity index (χ1) is 14.4. The molecule has 1 aliphatic heterocycles. The van der Waals surface area contributed by atoms with E-state index in [4.69, 9.17) is 0 Å². The molecule has 0 bridgehead atoms. The second-order valence-electron chi connectivity index (χ2n) is 8.37. The summed E-state index contributed by atoms with van der Waals surface area (Å²) >= 11 is 0. The van der Waals surface area contributed by atoms with Gasteiger partial charge in [-0.2, -0.15) is 0 Å². The number of nitrogens with zero attached hydrogens (tertiary/aromatic N) is 1. The van der Waals surface area contributed by atoms with Crippen LogP contribution < -0.4 is 10.0 Å². The van der Waals surface area contributed by atoms with Crippen molar-refractivity contribution < 1.29 is 18.0 Å². The molecule has 1 unspecified atom stereocenters. The number of benzene rings is 1. The first-order valence-corrected chi connectivity index (χ1v) is 12.7. The fraction of sp³-hybridized carbons (Fsp3) is 0.636. The lowest BCUT2D eigenvalue weighted by Gasteiger charge is -2.33. The third-order valence-corrected chi connectivity index (χ3v) is 7.37. The van der Waals surface area contributed by atoms with Crippen molar-refractivity contribution in [1.29, 1.82) is 0 Å². The van der Waals surface area contributed by atoms with Crippen LogP contribution in [0.3, 0.4) is 0 Å². The fourth-order valence-electron chi connectivity index (χ4n) is 4.23. The third kappa shape index (κ3) is 6.20. The summed E-state index contributed by atoms with van der Waals surface area (Å²) in [5, 5.41) is 3.22. The molecule has 2 fully saturated rings. The van der Waals surface area contributed by atoms with Gasteiger partial charge in [0.25, 0.3) is 5.91 Å². The highest BCUT2D eigenvalue weighted by atomic mass is 32.2.